The smallest absolute Gasteiger partial charge is 0.335 e. The highest BCUT2D eigenvalue weighted by atomic mass is 16.7. The lowest BCUT2D eigenvalue weighted by Crippen LogP contribution is -2.65. The number of aliphatic hydroxyl groups is 4. The van der Waals surface area contributed by atoms with E-state index in [-0.39, 0.29) is 52.5 Å². The summed E-state index contributed by atoms with van der Waals surface area (Å²) < 4.78 is 11.9. The number of carboxylic acids is 1. The zero-order valence-electron chi connectivity index (χ0n) is 28.4. The molecule has 1 aliphatic heterocycles. The number of Topliss-reactive ketones (excluding diaryl/α,β-unsaturated/α-hetero) is 1. The SMILES string of the molecule is Cc1c(C(=O)CCc2ccccc2CCc2ccccc2)c(O)c2c(OC3OC(C4(O)CCCCC4)C(O)C(O)C3O)cc(C(=O)O)cc2c1O. The highest BCUT2D eigenvalue weighted by Crippen LogP contribution is 2.46. The molecule has 0 aromatic heterocycles. The molecular formula is C40H44O11. The van der Waals surface area contributed by atoms with E-state index < -0.39 is 59.6 Å². The van der Waals surface area contributed by atoms with Crippen LogP contribution in [-0.4, -0.2) is 83.8 Å². The average molecular weight is 701 g/mol. The lowest BCUT2D eigenvalue weighted by molar-refractivity contribution is -0.308. The number of fused-ring (bicyclic) bond motifs is 1. The number of hydrogen-bond acceptors (Lipinski definition) is 10. The molecular weight excluding hydrogens is 656 g/mol. The summed E-state index contributed by atoms with van der Waals surface area (Å²) in [5.74, 6) is -3.24. The number of aryl methyl sites for hydroxylation is 3. The van der Waals surface area contributed by atoms with Gasteiger partial charge in [0.15, 0.2) is 5.78 Å². The molecule has 270 valence electrons. The van der Waals surface area contributed by atoms with Gasteiger partial charge in [0.1, 0.15) is 41.7 Å². The topological polar surface area (TPSA) is 194 Å². The van der Waals surface area contributed by atoms with Crippen molar-refractivity contribution in [1.82, 2.24) is 0 Å². The van der Waals surface area contributed by atoms with Crippen LogP contribution in [0.3, 0.4) is 0 Å². The number of aliphatic hydroxyl groups excluding tert-OH is 3. The van der Waals surface area contributed by atoms with E-state index in [4.69, 9.17) is 9.47 Å². The second kappa shape index (κ2) is 15.0. The highest BCUT2D eigenvalue weighted by molar-refractivity contribution is 6.11. The molecule has 11 heteroatoms. The molecule has 7 N–H and O–H groups in total. The Bertz CT molecular complexity index is 1900. The molecule has 2 aliphatic rings. The zero-order valence-corrected chi connectivity index (χ0v) is 28.4. The Morgan fingerprint density at radius 1 is 0.824 bits per heavy atom. The molecule has 0 radical (unpaired) electrons. The van der Waals surface area contributed by atoms with Gasteiger partial charge in [-0.15, -0.1) is 0 Å². The fourth-order valence-corrected chi connectivity index (χ4v) is 7.53. The maximum absolute atomic E-state index is 13.8. The summed E-state index contributed by atoms with van der Waals surface area (Å²) in [7, 11) is 0. The molecule has 1 saturated carbocycles. The van der Waals surface area contributed by atoms with Crippen LogP contribution in [0.1, 0.15) is 81.5 Å². The van der Waals surface area contributed by atoms with Gasteiger partial charge in [0.25, 0.3) is 0 Å². The third-order valence-electron chi connectivity index (χ3n) is 10.4. The second-order valence-electron chi connectivity index (χ2n) is 13.8. The molecule has 4 aromatic carbocycles. The van der Waals surface area contributed by atoms with Crippen molar-refractivity contribution in [2.45, 2.75) is 101 Å². The molecule has 1 saturated heterocycles. The first-order chi connectivity index (χ1) is 24.4. The largest absolute Gasteiger partial charge is 0.507 e. The normalized spacial score (nSPS) is 23.2. The van der Waals surface area contributed by atoms with Crippen LogP contribution in [0.15, 0.2) is 66.7 Å². The fraction of sp³-hybridized carbons (Fsp3) is 0.400. The lowest BCUT2D eigenvalue weighted by Gasteiger charge is -2.48. The molecule has 0 amide bonds. The number of carbonyl (C=O) groups is 2. The van der Waals surface area contributed by atoms with Gasteiger partial charge in [-0.1, -0.05) is 73.9 Å². The first kappa shape index (κ1) is 36.3. The van der Waals surface area contributed by atoms with Crippen LogP contribution in [0.5, 0.6) is 17.2 Å². The Hall–Kier alpha value is -4.52. The molecule has 11 nitrogen and oxygen atoms in total. The van der Waals surface area contributed by atoms with E-state index in [0.717, 1.165) is 42.5 Å². The molecule has 5 unspecified atom stereocenters. The van der Waals surface area contributed by atoms with Gasteiger partial charge in [0.05, 0.1) is 22.1 Å². The molecule has 0 bridgehead atoms. The molecule has 5 atom stereocenters. The van der Waals surface area contributed by atoms with E-state index >= 15 is 0 Å². The minimum atomic E-state index is -1.85. The fourth-order valence-electron chi connectivity index (χ4n) is 7.53. The van der Waals surface area contributed by atoms with Crippen molar-refractivity contribution in [3.05, 3.63) is 100 Å². The van der Waals surface area contributed by atoms with Crippen LogP contribution in [0.25, 0.3) is 10.8 Å². The van der Waals surface area contributed by atoms with Crippen molar-refractivity contribution >= 4 is 22.5 Å². The van der Waals surface area contributed by atoms with Crippen LogP contribution in [0, 0.1) is 6.92 Å². The minimum Gasteiger partial charge on any atom is -0.507 e. The van der Waals surface area contributed by atoms with Gasteiger partial charge >= 0.3 is 5.97 Å². The van der Waals surface area contributed by atoms with Crippen LogP contribution in [-0.2, 0) is 24.0 Å². The summed E-state index contributed by atoms with van der Waals surface area (Å²) in [4.78, 5) is 26.0. The maximum atomic E-state index is 13.8. The predicted octanol–water partition coefficient (Wildman–Crippen LogP) is 4.74. The number of aromatic carboxylic acids is 1. The Kier molecular flexibility index (Phi) is 10.7. The molecule has 1 aliphatic carbocycles. The Labute approximate surface area is 295 Å². The van der Waals surface area contributed by atoms with Gasteiger partial charge in [-0.3, -0.25) is 4.79 Å². The van der Waals surface area contributed by atoms with Crippen molar-refractivity contribution in [3.63, 3.8) is 0 Å². The van der Waals surface area contributed by atoms with E-state index in [9.17, 15) is 45.3 Å². The summed E-state index contributed by atoms with van der Waals surface area (Å²) in [5.41, 5.74) is 1.25. The van der Waals surface area contributed by atoms with Gasteiger partial charge in [-0.05, 0) is 67.9 Å². The lowest BCUT2D eigenvalue weighted by atomic mass is 9.76. The number of carboxylic acid groups (broad SMARTS) is 1. The predicted molar refractivity (Wildman–Crippen MR) is 187 cm³/mol. The van der Waals surface area contributed by atoms with E-state index in [0.29, 0.717) is 19.3 Å². The first-order valence-corrected chi connectivity index (χ1v) is 17.4. The quantitative estimate of drug-likeness (QED) is 0.0844. The highest BCUT2D eigenvalue weighted by Gasteiger charge is 2.53. The molecule has 4 aromatic rings. The summed E-state index contributed by atoms with van der Waals surface area (Å²) in [6.07, 6.45) is -3.74. The van der Waals surface area contributed by atoms with Crippen molar-refractivity contribution in [2.75, 3.05) is 0 Å². The molecule has 6 rings (SSSR count). The average Bonchev–Trinajstić information content (AvgIpc) is 3.13. The van der Waals surface area contributed by atoms with Gasteiger partial charge < -0.3 is 45.2 Å². The number of phenolic OH excluding ortho intramolecular Hbond substituents is 2. The van der Waals surface area contributed by atoms with E-state index in [1.807, 2.05) is 42.5 Å². The number of phenols is 2. The van der Waals surface area contributed by atoms with E-state index in [1.165, 1.54) is 12.5 Å². The number of ketones is 1. The van der Waals surface area contributed by atoms with Crippen molar-refractivity contribution in [3.8, 4) is 17.2 Å². The number of aromatic hydroxyl groups is 2. The Morgan fingerprint density at radius 3 is 2.14 bits per heavy atom. The van der Waals surface area contributed by atoms with Gasteiger partial charge in [0, 0.05) is 17.4 Å². The zero-order chi connectivity index (χ0) is 36.4. The summed E-state index contributed by atoms with van der Waals surface area (Å²) >= 11 is 0. The summed E-state index contributed by atoms with van der Waals surface area (Å²) in [6.45, 7) is 1.45. The number of ether oxygens (including phenoxy) is 2. The van der Waals surface area contributed by atoms with Crippen LogP contribution >= 0.6 is 0 Å². The third-order valence-corrected chi connectivity index (χ3v) is 10.4. The van der Waals surface area contributed by atoms with Crippen LogP contribution in [0.4, 0.5) is 0 Å². The number of hydrogen-bond donors (Lipinski definition) is 7. The minimum absolute atomic E-state index is 0.0140. The number of carbonyl (C=O) groups excluding carboxylic acids is 1. The monoisotopic (exact) mass is 700 g/mol. The Balaban J connectivity index is 1.32. The molecule has 1 heterocycles. The third kappa shape index (κ3) is 7.31. The van der Waals surface area contributed by atoms with Crippen molar-refractivity contribution < 1.29 is 54.8 Å². The molecule has 51 heavy (non-hydrogen) atoms. The van der Waals surface area contributed by atoms with Crippen LogP contribution < -0.4 is 4.74 Å². The van der Waals surface area contributed by atoms with E-state index in [1.54, 1.807) is 0 Å². The number of benzene rings is 4. The molecule has 0 spiro atoms. The first-order valence-electron chi connectivity index (χ1n) is 17.4. The number of rotatable bonds is 11. The van der Waals surface area contributed by atoms with Gasteiger partial charge in [-0.2, -0.15) is 0 Å². The standard InChI is InChI=1S/C40H44O11/c1-22-30(28(41)17-16-25-13-7-6-12-24(25)15-14-23-10-4-2-5-11-23)33(43)31-27(32(22)42)20-26(38(47)48)21-29(31)50-39-36(46)34(44)35(45)37(51-39)40(49)18-8-3-9-19-40/h2,4-7,10-13,20-21,34-37,39,42-46,49H,3,8-9,14-19H2,1H3,(H,47,48). The van der Waals surface area contributed by atoms with Crippen molar-refractivity contribution in [1.29, 1.82) is 0 Å². The molecule has 2 fully saturated rings. The Morgan fingerprint density at radius 2 is 1.47 bits per heavy atom. The second-order valence-corrected chi connectivity index (χ2v) is 13.8. The van der Waals surface area contributed by atoms with Gasteiger partial charge in [-0.25, -0.2) is 4.79 Å². The van der Waals surface area contributed by atoms with E-state index in [2.05, 4.69) is 12.1 Å². The van der Waals surface area contributed by atoms with Gasteiger partial charge in [0.2, 0.25) is 6.29 Å². The van der Waals surface area contributed by atoms with Crippen LogP contribution in [0.2, 0.25) is 0 Å². The van der Waals surface area contributed by atoms with Crippen molar-refractivity contribution in [2.24, 2.45) is 0 Å². The summed E-state index contributed by atoms with van der Waals surface area (Å²) in [6, 6.07) is 20.1. The summed E-state index contributed by atoms with van der Waals surface area (Å²) in [5, 5.41) is 76.4. The maximum Gasteiger partial charge on any atom is 0.335 e.